The topological polar surface area (TPSA) is 21.3 Å². The van der Waals surface area contributed by atoms with Crippen LogP contribution in [0.2, 0.25) is 5.02 Å². The quantitative estimate of drug-likeness (QED) is 0.819. The van der Waals surface area contributed by atoms with Gasteiger partial charge >= 0.3 is 0 Å². The molecular weight excluding hydrogens is 270 g/mol. The highest BCUT2D eigenvalue weighted by Gasteiger charge is 2.40. The lowest BCUT2D eigenvalue weighted by Crippen LogP contribution is -2.47. The predicted molar refractivity (Wildman–Crippen MR) is 85.3 cm³/mol. The van der Waals surface area contributed by atoms with Crippen molar-refractivity contribution >= 4 is 11.6 Å². The number of halogens is 1. The molecule has 1 aromatic rings. The first-order chi connectivity index (χ1) is 9.72. The van der Waals surface area contributed by atoms with Crippen molar-refractivity contribution in [2.45, 2.75) is 57.1 Å². The number of nitrogens with one attached hydrogen (secondary N) is 1. The second-order valence-corrected chi connectivity index (χ2v) is 6.20. The number of hydrogen-bond donors (Lipinski definition) is 1. The number of methoxy groups -OCH3 is 1. The van der Waals surface area contributed by atoms with E-state index in [1.54, 1.807) is 0 Å². The van der Waals surface area contributed by atoms with Crippen molar-refractivity contribution < 1.29 is 4.74 Å². The molecule has 1 saturated carbocycles. The van der Waals surface area contributed by atoms with Crippen LogP contribution in [0.4, 0.5) is 0 Å². The van der Waals surface area contributed by atoms with E-state index in [0.29, 0.717) is 0 Å². The second kappa shape index (κ2) is 7.44. The van der Waals surface area contributed by atoms with E-state index in [1.165, 1.54) is 24.8 Å². The van der Waals surface area contributed by atoms with Crippen molar-refractivity contribution in [1.29, 1.82) is 0 Å². The van der Waals surface area contributed by atoms with Gasteiger partial charge in [-0.1, -0.05) is 49.9 Å². The smallest absolute Gasteiger partial charge is 0.0872 e. The predicted octanol–water partition coefficient (Wildman–Crippen LogP) is 4.73. The largest absolute Gasteiger partial charge is 0.376 e. The van der Waals surface area contributed by atoms with Gasteiger partial charge in [-0.25, -0.2) is 0 Å². The molecule has 2 rings (SSSR count). The molecular formula is C17H26ClNO. The Hall–Kier alpha value is -0.570. The monoisotopic (exact) mass is 295 g/mol. The van der Waals surface area contributed by atoms with E-state index in [1.807, 2.05) is 19.2 Å². The molecule has 0 saturated heterocycles. The van der Waals surface area contributed by atoms with Gasteiger partial charge in [-0.3, -0.25) is 0 Å². The van der Waals surface area contributed by atoms with Crippen LogP contribution in [0.15, 0.2) is 24.3 Å². The molecule has 112 valence electrons. The molecule has 0 amide bonds. The molecule has 1 unspecified atom stereocenters. The summed E-state index contributed by atoms with van der Waals surface area (Å²) in [4.78, 5) is 0. The summed E-state index contributed by atoms with van der Waals surface area (Å²) in [5.41, 5.74) is 1.22. The Morgan fingerprint density at radius 1 is 1.20 bits per heavy atom. The van der Waals surface area contributed by atoms with Gasteiger partial charge in [-0.05, 0) is 43.5 Å². The van der Waals surface area contributed by atoms with Gasteiger partial charge in [-0.15, -0.1) is 0 Å². The number of rotatable bonds is 6. The van der Waals surface area contributed by atoms with Crippen molar-refractivity contribution in [2.24, 2.45) is 0 Å². The van der Waals surface area contributed by atoms with E-state index in [-0.39, 0.29) is 11.6 Å². The minimum Gasteiger partial charge on any atom is -0.376 e. The minimum atomic E-state index is -0.0682. The van der Waals surface area contributed by atoms with E-state index < -0.39 is 0 Å². The third-order valence-electron chi connectivity index (χ3n) is 4.43. The van der Waals surface area contributed by atoms with Gasteiger partial charge in [0.2, 0.25) is 0 Å². The Morgan fingerprint density at radius 2 is 1.85 bits per heavy atom. The third kappa shape index (κ3) is 3.55. The van der Waals surface area contributed by atoms with Gasteiger partial charge in [0.05, 0.1) is 11.6 Å². The van der Waals surface area contributed by atoms with Gasteiger partial charge < -0.3 is 10.1 Å². The standard InChI is InChI=1S/C17H26ClNO/c1-3-13-19-16(14-7-9-15(18)10-8-14)17(20-2)11-5-4-6-12-17/h7-10,16,19H,3-6,11-13H2,1-2H3. The van der Waals surface area contributed by atoms with Crippen molar-refractivity contribution in [1.82, 2.24) is 5.32 Å². The van der Waals surface area contributed by atoms with Crippen LogP contribution in [0.3, 0.4) is 0 Å². The van der Waals surface area contributed by atoms with E-state index in [0.717, 1.165) is 30.8 Å². The van der Waals surface area contributed by atoms with Gasteiger partial charge in [0, 0.05) is 12.1 Å². The molecule has 0 aliphatic heterocycles. The Labute approximate surface area is 127 Å². The lowest BCUT2D eigenvalue weighted by atomic mass is 9.76. The molecule has 1 aliphatic rings. The maximum Gasteiger partial charge on any atom is 0.0872 e. The minimum absolute atomic E-state index is 0.0682. The normalized spacial score (nSPS) is 19.8. The SMILES string of the molecule is CCCNC(c1ccc(Cl)cc1)C1(OC)CCCCC1. The zero-order chi connectivity index (χ0) is 14.4. The van der Waals surface area contributed by atoms with E-state index in [9.17, 15) is 0 Å². The first kappa shape index (κ1) is 15.8. The summed E-state index contributed by atoms with van der Waals surface area (Å²) in [6.07, 6.45) is 7.23. The number of benzene rings is 1. The highest BCUT2D eigenvalue weighted by atomic mass is 35.5. The fourth-order valence-electron chi connectivity index (χ4n) is 3.31. The fourth-order valence-corrected chi connectivity index (χ4v) is 3.44. The van der Waals surface area contributed by atoms with E-state index >= 15 is 0 Å². The molecule has 1 atom stereocenters. The lowest BCUT2D eigenvalue weighted by Gasteiger charge is -2.43. The maximum atomic E-state index is 6.03. The summed E-state index contributed by atoms with van der Waals surface area (Å²) in [5, 5.41) is 4.49. The molecule has 1 fully saturated rings. The molecule has 2 nitrogen and oxygen atoms in total. The van der Waals surface area contributed by atoms with Gasteiger partial charge in [0.15, 0.2) is 0 Å². The van der Waals surface area contributed by atoms with Crippen molar-refractivity contribution in [2.75, 3.05) is 13.7 Å². The Bertz CT molecular complexity index is 398. The Kier molecular flexibility index (Phi) is 5.88. The number of hydrogen-bond acceptors (Lipinski definition) is 2. The zero-order valence-electron chi connectivity index (χ0n) is 12.6. The first-order valence-electron chi connectivity index (χ1n) is 7.76. The molecule has 0 bridgehead atoms. The Balaban J connectivity index is 2.27. The van der Waals surface area contributed by atoms with Crippen molar-refractivity contribution in [3.63, 3.8) is 0 Å². The van der Waals surface area contributed by atoms with Crippen LogP contribution in [0.5, 0.6) is 0 Å². The molecule has 0 radical (unpaired) electrons. The summed E-state index contributed by atoms with van der Waals surface area (Å²) in [5.74, 6) is 0. The molecule has 1 aromatic carbocycles. The summed E-state index contributed by atoms with van der Waals surface area (Å²) < 4.78 is 6.03. The summed E-state index contributed by atoms with van der Waals surface area (Å²) >= 11 is 6.02. The third-order valence-corrected chi connectivity index (χ3v) is 4.69. The molecule has 0 heterocycles. The lowest BCUT2D eigenvalue weighted by molar-refractivity contribution is -0.0687. The van der Waals surface area contributed by atoms with Crippen LogP contribution in [0.1, 0.15) is 57.1 Å². The van der Waals surface area contributed by atoms with Crippen LogP contribution < -0.4 is 5.32 Å². The van der Waals surface area contributed by atoms with Crippen molar-refractivity contribution in [3.8, 4) is 0 Å². The van der Waals surface area contributed by atoms with Gasteiger partial charge in [0.1, 0.15) is 0 Å². The van der Waals surface area contributed by atoms with Crippen LogP contribution in [-0.2, 0) is 4.74 Å². The summed E-state index contributed by atoms with van der Waals surface area (Å²) in [7, 11) is 1.86. The van der Waals surface area contributed by atoms with Gasteiger partial charge in [-0.2, -0.15) is 0 Å². The Morgan fingerprint density at radius 3 is 2.40 bits per heavy atom. The van der Waals surface area contributed by atoms with Crippen LogP contribution in [0.25, 0.3) is 0 Å². The van der Waals surface area contributed by atoms with Crippen LogP contribution >= 0.6 is 11.6 Å². The average molecular weight is 296 g/mol. The highest BCUT2D eigenvalue weighted by Crippen LogP contribution is 2.41. The average Bonchev–Trinajstić information content (AvgIpc) is 2.50. The van der Waals surface area contributed by atoms with Crippen LogP contribution in [-0.4, -0.2) is 19.3 Å². The highest BCUT2D eigenvalue weighted by molar-refractivity contribution is 6.30. The summed E-state index contributed by atoms with van der Waals surface area (Å²) in [6.45, 7) is 3.21. The molecule has 0 spiro atoms. The molecule has 3 heteroatoms. The zero-order valence-corrected chi connectivity index (χ0v) is 13.4. The summed E-state index contributed by atoms with van der Waals surface area (Å²) in [6, 6.07) is 8.47. The second-order valence-electron chi connectivity index (χ2n) is 5.77. The van der Waals surface area contributed by atoms with E-state index in [2.05, 4.69) is 24.4 Å². The van der Waals surface area contributed by atoms with Crippen molar-refractivity contribution in [3.05, 3.63) is 34.9 Å². The molecule has 1 aliphatic carbocycles. The van der Waals surface area contributed by atoms with Crippen LogP contribution in [0, 0.1) is 0 Å². The molecule has 1 N–H and O–H groups in total. The molecule has 20 heavy (non-hydrogen) atoms. The molecule has 0 aromatic heterocycles. The number of ether oxygens (including phenoxy) is 1. The van der Waals surface area contributed by atoms with E-state index in [4.69, 9.17) is 16.3 Å². The first-order valence-corrected chi connectivity index (χ1v) is 8.13. The maximum absolute atomic E-state index is 6.03. The van der Waals surface area contributed by atoms with Gasteiger partial charge in [0.25, 0.3) is 0 Å². The fraction of sp³-hybridized carbons (Fsp3) is 0.647.